The molecule has 17 heavy (non-hydrogen) atoms. The summed E-state index contributed by atoms with van der Waals surface area (Å²) in [4.78, 5) is 21.7. The van der Waals surface area contributed by atoms with Gasteiger partial charge in [-0.1, -0.05) is 15.9 Å². The van der Waals surface area contributed by atoms with E-state index in [1.54, 1.807) is 6.07 Å². The van der Waals surface area contributed by atoms with E-state index in [1.807, 2.05) is 0 Å². The first-order chi connectivity index (χ1) is 8.00. The summed E-state index contributed by atoms with van der Waals surface area (Å²) in [5.41, 5.74) is 4.65. The molecular formula is C10H10BrFN2O3. The summed E-state index contributed by atoms with van der Waals surface area (Å²) in [6.45, 7) is 0.0104. The van der Waals surface area contributed by atoms with E-state index in [0.29, 0.717) is 4.47 Å². The molecule has 0 spiro atoms. The van der Waals surface area contributed by atoms with Gasteiger partial charge in [-0.05, 0) is 18.2 Å². The highest BCUT2D eigenvalue weighted by molar-refractivity contribution is 9.10. The van der Waals surface area contributed by atoms with Crippen molar-refractivity contribution in [2.75, 3.05) is 13.2 Å². The topological polar surface area (TPSA) is 81.4 Å². The molecule has 0 bridgehead atoms. The predicted octanol–water partition coefficient (Wildman–Crippen LogP) is 1.41. The third-order valence-electron chi connectivity index (χ3n) is 1.81. The van der Waals surface area contributed by atoms with Gasteiger partial charge in [0.2, 0.25) is 0 Å². The van der Waals surface area contributed by atoms with Crippen LogP contribution in [0.15, 0.2) is 22.7 Å². The molecule has 92 valence electrons. The van der Waals surface area contributed by atoms with Crippen molar-refractivity contribution < 1.29 is 18.7 Å². The molecule has 0 heterocycles. The van der Waals surface area contributed by atoms with E-state index in [9.17, 15) is 14.0 Å². The van der Waals surface area contributed by atoms with Crippen molar-refractivity contribution in [1.29, 1.82) is 0 Å². The summed E-state index contributed by atoms with van der Waals surface area (Å²) in [6, 6.07) is 4.09. The second-order valence-corrected chi connectivity index (χ2v) is 3.96. The molecule has 0 fully saturated rings. The Balaban J connectivity index is 2.50. The van der Waals surface area contributed by atoms with Crippen LogP contribution in [0.2, 0.25) is 0 Å². The highest BCUT2D eigenvalue weighted by Gasteiger charge is 2.11. The van der Waals surface area contributed by atoms with Gasteiger partial charge >= 0.3 is 6.09 Å². The summed E-state index contributed by atoms with van der Waals surface area (Å²) in [5, 5.41) is 2.39. The molecule has 0 aliphatic rings. The number of carbonyl (C=O) groups excluding carboxylic acids is 2. The van der Waals surface area contributed by atoms with Crippen LogP contribution in [0.4, 0.5) is 9.18 Å². The molecule has 2 amide bonds. The van der Waals surface area contributed by atoms with Gasteiger partial charge in [0, 0.05) is 4.47 Å². The Hall–Kier alpha value is -1.63. The second kappa shape index (κ2) is 6.19. The van der Waals surface area contributed by atoms with Crippen LogP contribution >= 0.6 is 15.9 Å². The van der Waals surface area contributed by atoms with Crippen molar-refractivity contribution in [3.8, 4) is 0 Å². The Morgan fingerprint density at radius 1 is 1.47 bits per heavy atom. The molecule has 0 saturated heterocycles. The van der Waals surface area contributed by atoms with Crippen molar-refractivity contribution in [3.05, 3.63) is 34.1 Å². The van der Waals surface area contributed by atoms with Crippen LogP contribution in [0.5, 0.6) is 0 Å². The maximum absolute atomic E-state index is 13.3. The van der Waals surface area contributed by atoms with E-state index in [0.717, 1.165) is 0 Å². The minimum Gasteiger partial charge on any atom is -0.448 e. The van der Waals surface area contributed by atoms with Crippen molar-refractivity contribution in [1.82, 2.24) is 5.32 Å². The number of halogens is 2. The molecule has 0 aliphatic carbocycles. The maximum atomic E-state index is 13.3. The summed E-state index contributed by atoms with van der Waals surface area (Å²) >= 11 is 3.08. The molecule has 3 N–H and O–H groups in total. The number of nitrogens with one attached hydrogen (secondary N) is 1. The molecule has 0 saturated carbocycles. The maximum Gasteiger partial charge on any atom is 0.404 e. The lowest BCUT2D eigenvalue weighted by Crippen LogP contribution is -2.29. The van der Waals surface area contributed by atoms with Crippen molar-refractivity contribution in [2.45, 2.75) is 0 Å². The number of hydrogen-bond donors (Lipinski definition) is 2. The minimum absolute atomic E-state index is 0.0563. The fourth-order valence-electron chi connectivity index (χ4n) is 1.09. The molecule has 1 aromatic rings. The fraction of sp³-hybridized carbons (Fsp3) is 0.200. The van der Waals surface area contributed by atoms with Gasteiger partial charge in [0.25, 0.3) is 5.91 Å². The Labute approximate surface area is 105 Å². The van der Waals surface area contributed by atoms with E-state index >= 15 is 0 Å². The Morgan fingerprint density at radius 2 is 2.18 bits per heavy atom. The third kappa shape index (κ3) is 4.39. The van der Waals surface area contributed by atoms with E-state index in [2.05, 4.69) is 26.0 Å². The quantitative estimate of drug-likeness (QED) is 0.825. The van der Waals surface area contributed by atoms with Crippen LogP contribution in [0, 0.1) is 5.82 Å². The first kappa shape index (κ1) is 13.4. The molecule has 1 rings (SSSR count). The van der Waals surface area contributed by atoms with Gasteiger partial charge in [-0.2, -0.15) is 0 Å². The first-order valence-electron chi connectivity index (χ1n) is 4.66. The van der Waals surface area contributed by atoms with Gasteiger partial charge in [0.1, 0.15) is 12.4 Å². The highest BCUT2D eigenvalue weighted by atomic mass is 79.9. The van der Waals surface area contributed by atoms with Crippen molar-refractivity contribution in [2.24, 2.45) is 5.73 Å². The lowest BCUT2D eigenvalue weighted by atomic mass is 10.2. The minimum atomic E-state index is -0.922. The summed E-state index contributed by atoms with van der Waals surface area (Å²) in [5.74, 6) is -1.21. The van der Waals surface area contributed by atoms with Crippen LogP contribution in [0.25, 0.3) is 0 Å². The molecule has 1 aromatic carbocycles. The highest BCUT2D eigenvalue weighted by Crippen LogP contribution is 2.14. The molecule has 0 atom stereocenters. The number of rotatable bonds is 4. The Kier molecular flexibility index (Phi) is 4.89. The van der Waals surface area contributed by atoms with Crippen LogP contribution in [0.1, 0.15) is 10.4 Å². The Morgan fingerprint density at radius 3 is 2.76 bits per heavy atom. The normalized spacial score (nSPS) is 9.76. The second-order valence-electron chi connectivity index (χ2n) is 3.05. The number of primary amides is 1. The molecule has 0 unspecified atom stereocenters. The van der Waals surface area contributed by atoms with Crippen LogP contribution in [-0.2, 0) is 4.74 Å². The number of ether oxygens (including phenoxy) is 1. The zero-order valence-electron chi connectivity index (χ0n) is 8.70. The van der Waals surface area contributed by atoms with E-state index in [4.69, 9.17) is 5.73 Å². The lowest BCUT2D eigenvalue weighted by molar-refractivity contribution is 0.0933. The average Bonchev–Trinajstić information content (AvgIpc) is 2.23. The van der Waals surface area contributed by atoms with Gasteiger partial charge in [0.15, 0.2) is 0 Å². The van der Waals surface area contributed by atoms with Crippen LogP contribution < -0.4 is 11.1 Å². The Bertz CT molecular complexity index is 440. The average molecular weight is 305 g/mol. The zero-order valence-corrected chi connectivity index (χ0v) is 10.3. The standard InChI is InChI=1S/C10H10BrFN2O3/c11-6-1-2-7(8(12)5-6)9(15)14-3-4-17-10(13)16/h1-2,5H,3-4H2,(H2,13,16)(H,14,15). The van der Waals surface area contributed by atoms with Crippen LogP contribution in [0.3, 0.4) is 0 Å². The van der Waals surface area contributed by atoms with Gasteiger partial charge in [-0.15, -0.1) is 0 Å². The summed E-state index contributed by atoms with van der Waals surface area (Å²) < 4.78 is 18.3. The summed E-state index contributed by atoms with van der Waals surface area (Å²) in [6.07, 6.45) is -0.922. The van der Waals surface area contributed by atoms with Gasteiger partial charge in [0.05, 0.1) is 12.1 Å². The monoisotopic (exact) mass is 304 g/mol. The number of nitrogens with two attached hydrogens (primary N) is 1. The molecule has 0 aliphatic heterocycles. The number of amides is 2. The molecular weight excluding hydrogens is 295 g/mol. The number of carbonyl (C=O) groups is 2. The SMILES string of the molecule is NC(=O)OCCNC(=O)c1ccc(Br)cc1F. The van der Waals surface area contributed by atoms with Gasteiger partial charge < -0.3 is 15.8 Å². The number of benzene rings is 1. The third-order valence-corrected chi connectivity index (χ3v) is 2.30. The van der Waals surface area contributed by atoms with Crippen LogP contribution in [-0.4, -0.2) is 25.2 Å². The molecule has 5 nitrogen and oxygen atoms in total. The number of hydrogen-bond acceptors (Lipinski definition) is 3. The lowest BCUT2D eigenvalue weighted by Gasteiger charge is -2.06. The van der Waals surface area contributed by atoms with E-state index < -0.39 is 17.8 Å². The largest absolute Gasteiger partial charge is 0.448 e. The van der Waals surface area contributed by atoms with E-state index in [1.165, 1.54) is 12.1 Å². The zero-order chi connectivity index (χ0) is 12.8. The van der Waals surface area contributed by atoms with Crippen molar-refractivity contribution >= 4 is 27.9 Å². The first-order valence-corrected chi connectivity index (χ1v) is 5.45. The molecule has 0 aromatic heterocycles. The molecule has 7 heteroatoms. The summed E-state index contributed by atoms with van der Waals surface area (Å²) in [7, 11) is 0. The smallest absolute Gasteiger partial charge is 0.404 e. The predicted molar refractivity (Wildman–Crippen MR) is 62.0 cm³/mol. The fourth-order valence-corrected chi connectivity index (χ4v) is 1.42. The van der Waals surface area contributed by atoms with Gasteiger partial charge in [-0.25, -0.2) is 9.18 Å². The van der Waals surface area contributed by atoms with E-state index in [-0.39, 0.29) is 18.7 Å². The molecule has 0 radical (unpaired) electrons. The van der Waals surface area contributed by atoms with Gasteiger partial charge in [-0.3, -0.25) is 4.79 Å². The van der Waals surface area contributed by atoms with Crippen molar-refractivity contribution in [3.63, 3.8) is 0 Å².